The Hall–Kier alpha value is -2.05. The highest BCUT2D eigenvalue weighted by molar-refractivity contribution is 7.89. The Morgan fingerprint density at radius 3 is 2.30 bits per heavy atom. The Kier molecular flexibility index (Phi) is 5.28. The van der Waals surface area contributed by atoms with Crippen LogP contribution in [-0.2, 0) is 16.6 Å². The molecule has 2 aromatic carbocycles. The quantitative estimate of drug-likeness (QED) is 0.882. The second kappa shape index (κ2) is 7.02. The molecule has 0 saturated heterocycles. The lowest BCUT2D eigenvalue weighted by molar-refractivity contribution is 0.380. The van der Waals surface area contributed by atoms with Crippen LogP contribution >= 0.6 is 0 Å². The van der Waals surface area contributed by atoms with Crippen molar-refractivity contribution in [2.24, 2.45) is 0 Å². The third-order valence-electron chi connectivity index (χ3n) is 3.75. The fourth-order valence-electron chi connectivity index (χ4n) is 2.39. The summed E-state index contributed by atoms with van der Waals surface area (Å²) in [5.74, 6) is 0.876. The first-order chi connectivity index (χ1) is 10.9. The standard InChI is InChI=1S/C17H21NO4S/c1-12-7-5-6-8-14(12)11-18-23(19,20)16-10-9-15(21-3)13(2)17(16)22-4/h5-10,18H,11H2,1-4H3. The molecular formula is C17H21NO4S. The second-order valence-corrected chi connectivity index (χ2v) is 6.91. The van der Waals surface area contributed by atoms with Crippen molar-refractivity contribution in [1.29, 1.82) is 0 Å². The summed E-state index contributed by atoms with van der Waals surface area (Å²) in [4.78, 5) is 0.104. The average Bonchev–Trinajstić information content (AvgIpc) is 2.53. The Labute approximate surface area is 137 Å². The minimum absolute atomic E-state index is 0.104. The largest absolute Gasteiger partial charge is 0.496 e. The molecule has 2 rings (SSSR count). The molecule has 5 nitrogen and oxygen atoms in total. The van der Waals surface area contributed by atoms with E-state index in [0.717, 1.165) is 11.1 Å². The van der Waals surface area contributed by atoms with E-state index in [1.807, 2.05) is 31.2 Å². The molecule has 1 N–H and O–H groups in total. The van der Waals surface area contributed by atoms with Crippen molar-refractivity contribution in [3.63, 3.8) is 0 Å². The normalized spacial score (nSPS) is 11.3. The highest BCUT2D eigenvalue weighted by Gasteiger charge is 2.22. The number of rotatable bonds is 6. The summed E-state index contributed by atoms with van der Waals surface area (Å²) in [5.41, 5.74) is 2.61. The van der Waals surface area contributed by atoms with E-state index >= 15 is 0 Å². The van der Waals surface area contributed by atoms with E-state index < -0.39 is 10.0 Å². The van der Waals surface area contributed by atoms with Crippen LogP contribution in [0.2, 0.25) is 0 Å². The number of benzene rings is 2. The van der Waals surface area contributed by atoms with Gasteiger partial charge in [0.25, 0.3) is 0 Å². The lowest BCUT2D eigenvalue weighted by atomic mass is 10.1. The fourth-order valence-corrected chi connectivity index (χ4v) is 3.62. The van der Waals surface area contributed by atoms with Crippen LogP contribution in [0.25, 0.3) is 0 Å². The van der Waals surface area contributed by atoms with Gasteiger partial charge in [-0.1, -0.05) is 24.3 Å². The first-order valence-electron chi connectivity index (χ1n) is 7.16. The van der Waals surface area contributed by atoms with Crippen LogP contribution in [0.4, 0.5) is 0 Å². The molecule has 2 aromatic rings. The van der Waals surface area contributed by atoms with E-state index in [2.05, 4.69) is 4.72 Å². The van der Waals surface area contributed by atoms with Gasteiger partial charge in [0, 0.05) is 12.1 Å². The van der Waals surface area contributed by atoms with Crippen LogP contribution in [-0.4, -0.2) is 22.6 Å². The van der Waals surface area contributed by atoms with Gasteiger partial charge in [0.05, 0.1) is 14.2 Å². The summed E-state index contributed by atoms with van der Waals surface area (Å²) in [6.45, 7) is 3.93. The van der Waals surface area contributed by atoms with Gasteiger partial charge in [0.1, 0.15) is 16.4 Å². The van der Waals surface area contributed by atoms with E-state index in [9.17, 15) is 8.42 Å². The second-order valence-electron chi connectivity index (χ2n) is 5.18. The maximum Gasteiger partial charge on any atom is 0.244 e. The Bertz CT molecular complexity index is 800. The highest BCUT2D eigenvalue weighted by Crippen LogP contribution is 2.34. The van der Waals surface area contributed by atoms with Gasteiger partial charge >= 0.3 is 0 Å². The van der Waals surface area contributed by atoms with E-state index in [0.29, 0.717) is 17.1 Å². The number of methoxy groups -OCH3 is 2. The summed E-state index contributed by atoms with van der Waals surface area (Å²) in [6.07, 6.45) is 0. The molecule has 0 aliphatic carbocycles. The zero-order chi connectivity index (χ0) is 17.0. The molecule has 23 heavy (non-hydrogen) atoms. The maximum absolute atomic E-state index is 12.6. The van der Waals surface area contributed by atoms with Crippen molar-refractivity contribution in [2.45, 2.75) is 25.3 Å². The number of nitrogens with one attached hydrogen (secondary N) is 1. The van der Waals surface area contributed by atoms with Crippen LogP contribution in [0.3, 0.4) is 0 Å². The maximum atomic E-state index is 12.6. The van der Waals surface area contributed by atoms with E-state index in [4.69, 9.17) is 9.47 Å². The summed E-state index contributed by atoms with van der Waals surface area (Å²) in [5, 5.41) is 0. The minimum atomic E-state index is -3.70. The van der Waals surface area contributed by atoms with E-state index in [-0.39, 0.29) is 11.4 Å². The molecule has 124 valence electrons. The van der Waals surface area contributed by atoms with Crippen LogP contribution < -0.4 is 14.2 Å². The summed E-state index contributed by atoms with van der Waals surface area (Å²) >= 11 is 0. The molecule has 0 atom stereocenters. The minimum Gasteiger partial charge on any atom is -0.496 e. The molecule has 0 bridgehead atoms. The molecule has 0 spiro atoms. The van der Waals surface area contributed by atoms with Gasteiger partial charge in [-0.2, -0.15) is 0 Å². The third kappa shape index (κ3) is 3.65. The van der Waals surface area contributed by atoms with Crippen LogP contribution in [0.15, 0.2) is 41.3 Å². The Morgan fingerprint density at radius 1 is 1.00 bits per heavy atom. The van der Waals surface area contributed by atoms with Crippen molar-refractivity contribution in [3.05, 3.63) is 53.1 Å². The first-order valence-corrected chi connectivity index (χ1v) is 8.64. The SMILES string of the molecule is COc1ccc(S(=O)(=O)NCc2ccccc2C)c(OC)c1C. The molecule has 6 heteroatoms. The lowest BCUT2D eigenvalue weighted by Gasteiger charge is -2.15. The summed E-state index contributed by atoms with van der Waals surface area (Å²) < 4.78 is 38.3. The van der Waals surface area contributed by atoms with E-state index in [1.54, 1.807) is 13.0 Å². The molecule has 0 aliphatic heterocycles. The van der Waals surface area contributed by atoms with Gasteiger partial charge in [0.15, 0.2) is 0 Å². The van der Waals surface area contributed by atoms with Crippen molar-refractivity contribution < 1.29 is 17.9 Å². The molecule has 0 aliphatic rings. The summed E-state index contributed by atoms with van der Waals surface area (Å²) in [7, 11) is -0.715. The van der Waals surface area contributed by atoms with Gasteiger partial charge < -0.3 is 9.47 Å². The predicted molar refractivity (Wildman–Crippen MR) is 89.5 cm³/mol. The van der Waals surface area contributed by atoms with Gasteiger partial charge in [-0.15, -0.1) is 0 Å². The molecule has 0 heterocycles. The number of ether oxygens (including phenoxy) is 2. The van der Waals surface area contributed by atoms with Crippen molar-refractivity contribution in [3.8, 4) is 11.5 Å². The molecule has 0 radical (unpaired) electrons. The number of sulfonamides is 1. The number of aryl methyl sites for hydroxylation is 1. The molecule has 0 fully saturated rings. The predicted octanol–water partition coefficient (Wildman–Crippen LogP) is 2.80. The monoisotopic (exact) mass is 335 g/mol. The fraction of sp³-hybridized carbons (Fsp3) is 0.294. The molecule has 0 saturated carbocycles. The van der Waals surface area contributed by atoms with Gasteiger partial charge in [-0.25, -0.2) is 13.1 Å². The molecule has 0 aromatic heterocycles. The van der Waals surface area contributed by atoms with Crippen molar-refractivity contribution >= 4 is 10.0 Å². The van der Waals surface area contributed by atoms with Gasteiger partial charge in [-0.3, -0.25) is 0 Å². The van der Waals surface area contributed by atoms with Crippen LogP contribution in [0, 0.1) is 13.8 Å². The van der Waals surface area contributed by atoms with Crippen molar-refractivity contribution in [1.82, 2.24) is 4.72 Å². The average molecular weight is 335 g/mol. The van der Waals surface area contributed by atoms with Crippen molar-refractivity contribution in [2.75, 3.05) is 14.2 Å². The zero-order valence-electron chi connectivity index (χ0n) is 13.7. The Balaban J connectivity index is 2.33. The highest BCUT2D eigenvalue weighted by atomic mass is 32.2. The lowest BCUT2D eigenvalue weighted by Crippen LogP contribution is -2.24. The molecule has 0 unspecified atom stereocenters. The Morgan fingerprint density at radius 2 is 1.70 bits per heavy atom. The van der Waals surface area contributed by atoms with E-state index in [1.165, 1.54) is 20.3 Å². The molecular weight excluding hydrogens is 314 g/mol. The van der Waals surface area contributed by atoms with Crippen LogP contribution in [0.5, 0.6) is 11.5 Å². The first kappa shape index (κ1) is 17.3. The van der Waals surface area contributed by atoms with Crippen LogP contribution in [0.1, 0.15) is 16.7 Å². The van der Waals surface area contributed by atoms with Gasteiger partial charge in [0.2, 0.25) is 10.0 Å². The third-order valence-corrected chi connectivity index (χ3v) is 5.17. The smallest absolute Gasteiger partial charge is 0.244 e. The molecule has 0 amide bonds. The topological polar surface area (TPSA) is 64.6 Å². The number of hydrogen-bond donors (Lipinski definition) is 1. The van der Waals surface area contributed by atoms with Gasteiger partial charge in [-0.05, 0) is 37.1 Å². The number of hydrogen-bond acceptors (Lipinski definition) is 4. The zero-order valence-corrected chi connectivity index (χ0v) is 14.5. The summed E-state index contributed by atoms with van der Waals surface area (Å²) in [6, 6.07) is 10.8.